The summed E-state index contributed by atoms with van der Waals surface area (Å²) in [6.45, 7) is 5.42. The van der Waals surface area contributed by atoms with Crippen molar-refractivity contribution in [2.24, 2.45) is 11.8 Å². The van der Waals surface area contributed by atoms with Gasteiger partial charge in [0.1, 0.15) is 0 Å². The van der Waals surface area contributed by atoms with Crippen LogP contribution < -0.4 is 5.73 Å². The molecule has 114 valence electrons. The molecule has 1 amide bonds. The molecule has 6 nitrogen and oxygen atoms in total. The number of nitro benzene ring substituents is 1. The van der Waals surface area contributed by atoms with Gasteiger partial charge in [-0.05, 0) is 18.3 Å². The van der Waals surface area contributed by atoms with E-state index in [4.69, 9.17) is 17.3 Å². The molecule has 1 aromatic rings. The van der Waals surface area contributed by atoms with E-state index in [1.807, 2.05) is 0 Å². The molecule has 1 aromatic carbocycles. The van der Waals surface area contributed by atoms with E-state index in [2.05, 4.69) is 13.8 Å². The van der Waals surface area contributed by atoms with Crippen molar-refractivity contribution in [2.45, 2.75) is 20.3 Å². The van der Waals surface area contributed by atoms with Crippen molar-refractivity contribution in [3.05, 3.63) is 32.8 Å². The lowest BCUT2D eigenvalue weighted by Gasteiger charge is -2.35. The molecule has 2 N–H and O–H groups in total. The fourth-order valence-electron chi connectivity index (χ4n) is 2.88. The van der Waals surface area contributed by atoms with Gasteiger partial charge in [-0.3, -0.25) is 14.9 Å². The molecule has 21 heavy (non-hydrogen) atoms. The summed E-state index contributed by atoms with van der Waals surface area (Å²) in [6.07, 6.45) is 1.06. The standard InChI is InChI=1S/C14H18ClN3O3/c1-8-3-9(2)7-17(6-8)14(19)11-4-10(18(20)21)5-12(15)13(11)16/h4-5,8-9H,3,6-7,16H2,1-2H3. The highest BCUT2D eigenvalue weighted by atomic mass is 35.5. The highest BCUT2D eigenvalue weighted by Gasteiger charge is 2.28. The number of benzene rings is 1. The third-order valence-electron chi connectivity index (χ3n) is 3.71. The first-order chi connectivity index (χ1) is 9.79. The van der Waals surface area contributed by atoms with Gasteiger partial charge < -0.3 is 10.6 Å². The Labute approximate surface area is 128 Å². The van der Waals surface area contributed by atoms with E-state index in [1.54, 1.807) is 4.90 Å². The number of anilines is 1. The molecule has 1 heterocycles. The van der Waals surface area contributed by atoms with E-state index in [1.165, 1.54) is 6.07 Å². The van der Waals surface area contributed by atoms with E-state index in [0.29, 0.717) is 24.9 Å². The van der Waals surface area contributed by atoms with Crippen molar-refractivity contribution in [3.8, 4) is 0 Å². The van der Waals surface area contributed by atoms with Crippen LogP contribution in [-0.2, 0) is 0 Å². The van der Waals surface area contributed by atoms with Crippen molar-refractivity contribution in [3.63, 3.8) is 0 Å². The third kappa shape index (κ3) is 3.26. The lowest BCUT2D eigenvalue weighted by atomic mass is 9.91. The van der Waals surface area contributed by atoms with E-state index < -0.39 is 4.92 Å². The molecule has 1 aliphatic heterocycles. The van der Waals surface area contributed by atoms with Crippen molar-refractivity contribution in [2.75, 3.05) is 18.8 Å². The molecule has 1 aliphatic rings. The second kappa shape index (κ2) is 5.89. The predicted octanol–water partition coefficient (Wildman–Crippen LogP) is 2.95. The van der Waals surface area contributed by atoms with Crippen LogP contribution in [0.1, 0.15) is 30.6 Å². The molecule has 0 saturated carbocycles. The first-order valence-electron chi connectivity index (χ1n) is 6.82. The molecule has 2 atom stereocenters. The van der Waals surface area contributed by atoms with Crippen LogP contribution in [0.2, 0.25) is 5.02 Å². The van der Waals surface area contributed by atoms with Crippen LogP contribution in [-0.4, -0.2) is 28.8 Å². The Hall–Kier alpha value is -1.82. The van der Waals surface area contributed by atoms with Crippen LogP contribution in [0.3, 0.4) is 0 Å². The molecule has 0 radical (unpaired) electrons. The number of carbonyl (C=O) groups is 1. The van der Waals surface area contributed by atoms with Gasteiger partial charge in [-0.1, -0.05) is 25.4 Å². The summed E-state index contributed by atoms with van der Waals surface area (Å²) in [4.78, 5) is 24.6. The van der Waals surface area contributed by atoms with Crippen LogP contribution in [0.15, 0.2) is 12.1 Å². The smallest absolute Gasteiger partial charge is 0.271 e. The fraction of sp³-hybridized carbons (Fsp3) is 0.500. The minimum atomic E-state index is -0.580. The molecule has 0 spiro atoms. The van der Waals surface area contributed by atoms with Crippen LogP contribution in [0.4, 0.5) is 11.4 Å². The second-order valence-electron chi connectivity index (χ2n) is 5.80. The van der Waals surface area contributed by atoms with Crippen molar-refractivity contribution in [1.29, 1.82) is 0 Å². The van der Waals surface area contributed by atoms with Crippen LogP contribution in [0.25, 0.3) is 0 Å². The molecule has 2 unspecified atom stereocenters. The molecular weight excluding hydrogens is 294 g/mol. The number of hydrogen-bond acceptors (Lipinski definition) is 4. The summed E-state index contributed by atoms with van der Waals surface area (Å²) in [6, 6.07) is 2.36. The van der Waals surface area contributed by atoms with Gasteiger partial charge in [0.05, 0.1) is 21.2 Å². The number of nitro groups is 1. The molecule has 7 heteroatoms. The van der Waals surface area contributed by atoms with Crippen LogP contribution in [0.5, 0.6) is 0 Å². The minimum absolute atomic E-state index is 0.0330. The zero-order chi connectivity index (χ0) is 15.7. The third-order valence-corrected chi connectivity index (χ3v) is 4.02. The second-order valence-corrected chi connectivity index (χ2v) is 6.21. The Kier molecular flexibility index (Phi) is 4.37. The molecule has 0 aliphatic carbocycles. The number of rotatable bonds is 2. The van der Waals surface area contributed by atoms with Gasteiger partial charge in [-0.25, -0.2) is 0 Å². The minimum Gasteiger partial charge on any atom is -0.397 e. The van der Waals surface area contributed by atoms with Gasteiger partial charge >= 0.3 is 0 Å². The zero-order valence-corrected chi connectivity index (χ0v) is 12.8. The fourth-order valence-corrected chi connectivity index (χ4v) is 3.10. The number of nitrogens with zero attached hydrogens (tertiary/aromatic N) is 2. The Morgan fingerprint density at radius 2 is 1.95 bits per heavy atom. The maximum atomic E-state index is 12.6. The topological polar surface area (TPSA) is 89.5 Å². The number of amides is 1. The number of nitrogen functional groups attached to an aromatic ring is 1. The Bertz CT molecular complexity index is 581. The number of carbonyl (C=O) groups excluding carboxylic acids is 1. The van der Waals surface area contributed by atoms with Gasteiger partial charge in [-0.2, -0.15) is 0 Å². The molecule has 1 fully saturated rings. The molecule has 1 saturated heterocycles. The Balaban J connectivity index is 2.36. The largest absolute Gasteiger partial charge is 0.397 e. The number of nitrogens with two attached hydrogens (primary N) is 1. The Morgan fingerprint density at radius 3 is 2.48 bits per heavy atom. The molecular formula is C14H18ClN3O3. The monoisotopic (exact) mass is 311 g/mol. The average molecular weight is 312 g/mol. The van der Waals surface area contributed by atoms with Crippen molar-refractivity contribution >= 4 is 28.9 Å². The summed E-state index contributed by atoms with van der Waals surface area (Å²) in [5.74, 6) is 0.498. The van der Waals surface area contributed by atoms with E-state index >= 15 is 0 Å². The zero-order valence-electron chi connectivity index (χ0n) is 12.0. The highest BCUT2D eigenvalue weighted by molar-refractivity contribution is 6.34. The molecule has 0 bridgehead atoms. The van der Waals surface area contributed by atoms with Crippen molar-refractivity contribution < 1.29 is 9.72 Å². The summed E-state index contributed by atoms with van der Waals surface area (Å²) in [5, 5.41) is 10.9. The van der Waals surface area contributed by atoms with E-state index in [-0.39, 0.29) is 27.9 Å². The number of piperidine rings is 1. The lowest BCUT2D eigenvalue weighted by molar-refractivity contribution is -0.384. The number of non-ortho nitro benzene ring substituents is 1. The maximum absolute atomic E-state index is 12.6. The molecule has 0 aromatic heterocycles. The van der Waals surface area contributed by atoms with E-state index in [9.17, 15) is 14.9 Å². The first kappa shape index (κ1) is 15.6. The normalized spacial score (nSPS) is 22.1. The van der Waals surface area contributed by atoms with Gasteiger partial charge in [0.25, 0.3) is 11.6 Å². The van der Waals surface area contributed by atoms with Gasteiger partial charge in [0, 0.05) is 25.2 Å². The summed E-state index contributed by atoms with van der Waals surface area (Å²) >= 11 is 5.90. The summed E-state index contributed by atoms with van der Waals surface area (Å²) < 4.78 is 0. The number of halogens is 1. The quantitative estimate of drug-likeness (QED) is 0.516. The van der Waals surface area contributed by atoms with Crippen molar-refractivity contribution in [1.82, 2.24) is 4.90 Å². The van der Waals surface area contributed by atoms with E-state index in [0.717, 1.165) is 12.5 Å². The average Bonchev–Trinajstić information content (AvgIpc) is 2.39. The SMILES string of the molecule is CC1CC(C)CN(C(=O)c2cc([N+](=O)[O-])cc(Cl)c2N)C1. The lowest BCUT2D eigenvalue weighted by Crippen LogP contribution is -2.42. The number of hydrogen-bond donors (Lipinski definition) is 1. The highest BCUT2D eigenvalue weighted by Crippen LogP contribution is 2.31. The van der Waals surface area contributed by atoms with Gasteiger partial charge in [0.15, 0.2) is 0 Å². The number of likely N-dealkylation sites (tertiary alicyclic amines) is 1. The first-order valence-corrected chi connectivity index (χ1v) is 7.20. The van der Waals surface area contributed by atoms with Gasteiger partial charge in [0.2, 0.25) is 0 Å². The van der Waals surface area contributed by atoms with Crippen LogP contribution >= 0.6 is 11.6 Å². The van der Waals surface area contributed by atoms with Gasteiger partial charge in [-0.15, -0.1) is 0 Å². The maximum Gasteiger partial charge on any atom is 0.271 e. The summed E-state index contributed by atoms with van der Waals surface area (Å²) in [7, 11) is 0. The Morgan fingerprint density at radius 1 is 1.38 bits per heavy atom. The van der Waals surface area contributed by atoms with Crippen LogP contribution in [0, 0.1) is 22.0 Å². The summed E-state index contributed by atoms with van der Waals surface area (Å²) in [5.41, 5.74) is 5.80. The molecule has 2 rings (SSSR count). The predicted molar refractivity (Wildman–Crippen MR) is 81.4 cm³/mol.